The van der Waals surface area contributed by atoms with Gasteiger partial charge in [-0.1, -0.05) is 36.5 Å². The van der Waals surface area contributed by atoms with Crippen LogP contribution in [-0.2, 0) is 17.5 Å². The second-order valence-corrected chi connectivity index (χ2v) is 10.5. The van der Waals surface area contributed by atoms with Crippen LogP contribution in [0, 0.1) is 6.92 Å². The lowest BCUT2D eigenvalue weighted by molar-refractivity contribution is -0.138. The Labute approximate surface area is 237 Å². The molecular weight excluding hydrogens is 559 g/mol. The van der Waals surface area contributed by atoms with E-state index in [0.29, 0.717) is 21.4 Å². The molecule has 2 aromatic heterocycles. The number of methoxy groups -OCH3 is 1. The van der Waals surface area contributed by atoms with Gasteiger partial charge in [-0.25, -0.2) is 9.67 Å². The minimum absolute atomic E-state index is 0.0194. The Balaban J connectivity index is 1.62. The number of ether oxygens (including phenoxy) is 1. The zero-order valence-corrected chi connectivity index (χ0v) is 23.7. The van der Waals surface area contributed by atoms with Crippen molar-refractivity contribution in [1.82, 2.24) is 25.3 Å². The van der Waals surface area contributed by atoms with Gasteiger partial charge in [0.2, 0.25) is 5.91 Å². The fraction of sp³-hybridized carbons (Fsp3) is 0.296. The van der Waals surface area contributed by atoms with Crippen LogP contribution in [0.15, 0.2) is 42.7 Å². The Hall–Kier alpha value is -4.30. The molecule has 0 radical (unpaired) electrons. The standard InChI is InChI=1S/C27H28F3N7O3S/c1-14(2)31-11-18-8-19(10-20(24(18)40-5)27(28,29)30)34-25(39)17-7-6-15(3)22(9-17)37-13-21(35-36-37)23-12-32-26(41-23)33-16(4)38/h6-10,12-14,31H,11H2,1-5H3,(H,34,39)(H,32,33,38). The summed E-state index contributed by atoms with van der Waals surface area (Å²) in [5, 5.41) is 17.0. The first-order valence-corrected chi connectivity index (χ1v) is 13.3. The fourth-order valence-electron chi connectivity index (χ4n) is 3.95. The van der Waals surface area contributed by atoms with Gasteiger partial charge in [-0.3, -0.25) is 9.59 Å². The van der Waals surface area contributed by atoms with Gasteiger partial charge in [-0.05, 0) is 36.8 Å². The van der Waals surface area contributed by atoms with Gasteiger partial charge in [-0.2, -0.15) is 13.2 Å². The summed E-state index contributed by atoms with van der Waals surface area (Å²) in [5.41, 5.74) is 1.31. The number of nitrogens with zero attached hydrogens (tertiary/aromatic N) is 4. The molecule has 0 saturated heterocycles. The number of hydrogen-bond acceptors (Lipinski definition) is 8. The summed E-state index contributed by atoms with van der Waals surface area (Å²) in [4.78, 5) is 29.3. The quantitative estimate of drug-likeness (QED) is 0.239. The summed E-state index contributed by atoms with van der Waals surface area (Å²) in [7, 11) is 1.18. The summed E-state index contributed by atoms with van der Waals surface area (Å²) >= 11 is 1.23. The van der Waals surface area contributed by atoms with Crippen LogP contribution in [0.5, 0.6) is 5.75 Å². The van der Waals surface area contributed by atoms with Crippen LogP contribution in [0.1, 0.15) is 47.8 Å². The minimum atomic E-state index is -4.69. The van der Waals surface area contributed by atoms with Crippen LogP contribution < -0.4 is 20.7 Å². The summed E-state index contributed by atoms with van der Waals surface area (Å²) in [6, 6.07) is 7.20. The highest BCUT2D eigenvalue weighted by Crippen LogP contribution is 2.40. The second kappa shape index (κ2) is 12.1. The summed E-state index contributed by atoms with van der Waals surface area (Å²) in [5.74, 6) is -1.14. The highest BCUT2D eigenvalue weighted by molar-refractivity contribution is 7.19. The Kier molecular flexibility index (Phi) is 8.73. The molecule has 10 nitrogen and oxygen atoms in total. The van der Waals surface area contributed by atoms with Crippen molar-refractivity contribution in [2.24, 2.45) is 0 Å². The van der Waals surface area contributed by atoms with Crippen molar-refractivity contribution in [2.45, 2.75) is 46.5 Å². The van der Waals surface area contributed by atoms with Crippen LogP contribution in [0.3, 0.4) is 0 Å². The van der Waals surface area contributed by atoms with Crippen LogP contribution in [-0.4, -0.2) is 44.9 Å². The number of aromatic nitrogens is 4. The first kappa shape index (κ1) is 29.7. The average Bonchev–Trinajstić information content (AvgIpc) is 3.56. The third-order valence-electron chi connectivity index (χ3n) is 5.89. The topological polar surface area (TPSA) is 123 Å². The molecule has 0 saturated carbocycles. The predicted molar refractivity (Wildman–Crippen MR) is 149 cm³/mol. The molecule has 41 heavy (non-hydrogen) atoms. The molecule has 4 aromatic rings. The number of nitrogens with one attached hydrogen (secondary N) is 3. The van der Waals surface area contributed by atoms with Crippen molar-refractivity contribution in [2.75, 3.05) is 17.7 Å². The Morgan fingerprint density at radius 1 is 1.15 bits per heavy atom. The van der Waals surface area contributed by atoms with Crippen LogP contribution >= 0.6 is 11.3 Å². The lowest BCUT2D eigenvalue weighted by atomic mass is 10.0. The van der Waals surface area contributed by atoms with E-state index in [-0.39, 0.29) is 41.1 Å². The maximum Gasteiger partial charge on any atom is 0.420 e. The maximum absolute atomic E-state index is 13.9. The Morgan fingerprint density at radius 3 is 2.56 bits per heavy atom. The highest BCUT2D eigenvalue weighted by atomic mass is 32.1. The summed E-state index contributed by atoms with van der Waals surface area (Å²) in [6.45, 7) is 7.07. The number of carbonyl (C=O) groups excluding carboxylic acids is 2. The van der Waals surface area contributed by atoms with Crippen molar-refractivity contribution >= 4 is 34.0 Å². The fourth-order valence-corrected chi connectivity index (χ4v) is 4.77. The molecule has 0 unspecified atom stereocenters. The third-order valence-corrected chi connectivity index (χ3v) is 6.82. The van der Waals surface area contributed by atoms with Gasteiger partial charge in [0.05, 0.1) is 29.4 Å². The van der Waals surface area contributed by atoms with Gasteiger partial charge in [0.25, 0.3) is 5.91 Å². The van der Waals surface area contributed by atoms with Crippen LogP contribution in [0.25, 0.3) is 16.3 Å². The maximum atomic E-state index is 13.9. The molecule has 216 valence electrons. The third kappa shape index (κ3) is 7.08. The predicted octanol–water partition coefficient (Wildman–Crippen LogP) is 5.44. The number of anilines is 2. The van der Waals surface area contributed by atoms with E-state index in [1.54, 1.807) is 30.6 Å². The van der Waals surface area contributed by atoms with E-state index in [1.165, 1.54) is 36.1 Å². The number of rotatable bonds is 9. The minimum Gasteiger partial charge on any atom is -0.496 e. The highest BCUT2D eigenvalue weighted by Gasteiger charge is 2.36. The molecule has 2 amide bonds. The molecule has 2 heterocycles. The zero-order valence-electron chi connectivity index (χ0n) is 22.9. The molecule has 0 aliphatic rings. The zero-order chi connectivity index (χ0) is 29.9. The van der Waals surface area contributed by atoms with Gasteiger partial charge in [0, 0.05) is 42.5 Å². The van der Waals surface area contributed by atoms with E-state index < -0.39 is 17.6 Å². The lowest BCUT2D eigenvalue weighted by Crippen LogP contribution is -2.23. The van der Waals surface area contributed by atoms with E-state index in [4.69, 9.17) is 4.74 Å². The molecule has 0 bridgehead atoms. The SMILES string of the molecule is COc1c(CNC(C)C)cc(NC(=O)c2ccc(C)c(-n3cc(-c4cnc(NC(C)=O)s4)nn3)c2)cc1C(F)(F)F. The normalized spacial score (nSPS) is 11.5. The van der Waals surface area contributed by atoms with Crippen molar-refractivity contribution in [3.8, 4) is 22.0 Å². The first-order chi connectivity index (χ1) is 19.3. The number of hydrogen-bond donors (Lipinski definition) is 3. The van der Waals surface area contributed by atoms with Gasteiger partial charge in [-0.15, -0.1) is 5.10 Å². The van der Waals surface area contributed by atoms with Crippen LogP contribution in [0.4, 0.5) is 24.0 Å². The molecule has 0 spiro atoms. The van der Waals surface area contributed by atoms with Gasteiger partial charge in [0.15, 0.2) is 5.13 Å². The number of amides is 2. The largest absolute Gasteiger partial charge is 0.496 e. The van der Waals surface area contributed by atoms with E-state index in [0.717, 1.165) is 11.6 Å². The molecule has 0 fully saturated rings. The van der Waals surface area contributed by atoms with Crippen molar-refractivity contribution in [3.63, 3.8) is 0 Å². The number of aryl methyl sites for hydroxylation is 1. The van der Waals surface area contributed by atoms with Crippen molar-refractivity contribution in [3.05, 3.63) is 65.0 Å². The molecule has 4 rings (SSSR count). The molecule has 3 N–H and O–H groups in total. The van der Waals surface area contributed by atoms with E-state index in [9.17, 15) is 22.8 Å². The van der Waals surface area contributed by atoms with Gasteiger partial charge >= 0.3 is 6.18 Å². The molecule has 2 aromatic carbocycles. The molecule has 0 aliphatic heterocycles. The monoisotopic (exact) mass is 587 g/mol. The summed E-state index contributed by atoms with van der Waals surface area (Å²) < 4.78 is 48.2. The van der Waals surface area contributed by atoms with Crippen molar-refractivity contribution in [1.29, 1.82) is 0 Å². The number of carbonyl (C=O) groups is 2. The van der Waals surface area contributed by atoms with E-state index in [2.05, 4.69) is 31.2 Å². The number of alkyl halides is 3. The van der Waals surface area contributed by atoms with Crippen LogP contribution in [0.2, 0.25) is 0 Å². The number of thiazole rings is 1. The molecule has 0 atom stereocenters. The molecule has 0 aliphatic carbocycles. The van der Waals surface area contributed by atoms with Crippen molar-refractivity contribution < 1.29 is 27.5 Å². The Bertz CT molecular complexity index is 1580. The second-order valence-electron chi connectivity index (χ2n) is 9.46. The van der Waals surface area contributed by atoms with Gasteiger partial charge in [0.1, 0.15) is 11.4 Å². The van der Waals surface area contributed by atoms with E-state index in [1.807, 2.05) is 20.8 Å². The average molecular weight is 588 g/mol. The molecular formula is C27H28F3N7O3S. The Morgan fingerprint density at radius 2 is 1.90 bits per heavy atom. The van der Waals surface area contributed by atoms with Gasteiger partial charge < -0.3 is 20.7 Å². The smallest absolute Gasteiger partial charge is 0.420 e. The number of halogens is 3. The number of benzene rings is 2. The first-order valence-electron chi connectivity index (χ1n) is 12.5. The summed E-state index contributed by atoms with van der Waals surface area (Å²) in [6.07, 6.45) is -1.47. The lowest BCUT2D eigenvalue weighted by Gasteiger charge is -2.19. The van der Waals surface area contributed by atoms with E-state index >= 15 is 0 Å². The molecule has 14 heteroatoms.